The zero-order chi connectivity index (χ0) is 14.8. The molecule has 3 heterocycles. The maximum Gasteiger partial charge on any atom is 0.191 e. The van der Waals surface area contributed by atoms with Crippen molar-refractivity contribution in [2.24, 2.45) is 0 Å². The molecular weight excluding hydrogens is 282 g/mol. The van der Waals surface area contributed by atoms with Crippen LogP contribution in [0.3, 0.4) is 0 Å². The van der Waals surface area contributed by atoms with Crippen molar-refractivity contribution < 1.29 is 0 Å². The summed E-state index contributed by atoms with van der Waals surface area (Å²) in [6.45, 7) is 6.44. The van der Waals surface area contributed by atoms with Gasteiger partial charge in [-0.25, -0.2) is 4.98 Å². The monoisotopic (exact) mass is 301 g/mol. The standard InChI is InChI=1S/C15H19N5S/c1-4-13-17-18-15(20(13)11(2)3)21-10-12-9-19-8-6-5-7-14(19)16-12/h5-9,11H,4,10H2,1-3H3. The smallest absolute Gasteiger partial charge is 0.191 e. The molecule has 3 aromatic heterocycles. The zero-order valence-corrected chi connectivity index (χ0v) is 13.3. The lowest BCUT2D eigenvalue weighted by Gasteiger charge is -2.12. The van der Waals surface area contributed by atoms with Gasteiger partial charge >= 0.3 is 0 Å². The summed E-state index contributed by atoms with van der Waals surface area (Å²) in [5.41, 5.74) is 2.04. The average molecular weight is 301 g/mol. The highest BCUT2D eigenvalue weighted by atomic mass is 32.2. The van der Waals surface area contributed by atoms with Crippen LogP contribution < -0.4 is 0 Å². The summed E-state index contributed by atoms with van der Waals surface area (Å²) >= 11 is 1.69. The Kier molecular flexibility index (Phi) is 3.96. The highest BCUT2D eigenvalue weighted by molar-refractivity contribution is 7.98. The van der Waals surface area contributed by atoms with Gasteiger partial charge in [-0.2, -0.15) is 0 Å². The van der Waals surface area contributed by atoms with Crippen molar-refractivity contribution in [2.75, 3.05) is 0 Å². The summed E-state index contributed by atoms with van der Waals surface area (Å²) in [6, 6.07) is 6.40. The number of fused-ring (bicyclic) bond motifs is 1. The molecule has 6 heteroatoms. The number of aromatic nitrogens is 5. The van der Waals surface area contributed by atoms with Crippen LogP contribution in [-0.4, -0.2) is 24.1 Å². The van der Waals surface area contributed by atoms with Crippen molar-refractivity contribution in [3.8, 4) is 0 Å². The van der Waals surface area contributed by atoms with Gasteiger partial charge in [0.25, 0.3) is 0 Å². The van der Waals surface area contributed by atoms with E-state index in [1.54, 1.807) is 11.8 Å². The van der Waals surface area contributed by atoms with Crippen LogP contribution in [0.5, 0.6) is 0 Å². The molecule has 0 aliphatic carbocycles. The Hall–Kier alpha value is -1.82. The summed E-state index contributed by atoms with van der Waals surface area (Å²) in [6.07, 6.45) is 4.99. The molecule has 0 bridgehead atoms. The Labute approximate surface area is 128 Å². The first-order chi connectivity index (χ1) is 10.2. The van der Waals surface area contributed by atoms with Crippen molar-refractivity contribution >= 4 is 17.4 Å². The molecule has 0 fully saturated rings. The third-order valence-electron chi connectivity index (χ3n) is 3.33. The predicted molar refractivity (Wildman–Crippen MR) is 84.5 cm³/mol. The molecular formula is C15H19N5S. The normalized spacial score (nSPS) is 11.6. The molecule has 5 nitrogen and oxygen atoms in total. The number of nitrogens with zero attached hydrogens (tertiary/aromatic N) is 5. The average Bonchev–Trinajstić information content (AvgIpc) is 3.07. The van der Waals surface area contributed by atoms with Crippen LogP contribution in [0.15, 0.2) is 35.7 Å². The molecule has 0 saturated carbocycles. The number of hydrogen-bond donors (Lipinski definition) is 0. The van der Waals surface area contributed by atoms with Crippen LogP contribution in [-0.2, 0) is 12.2 Å². The summed E-state index contributed by atoms with van der Waals surface area (Å²) in [4.78, 5) is 4.61. The Morgan fingerprint density at radius 2 is 2.10 bits per heavy atom. The van der Waals surface area contributed by atoms with E-state index in [1.807, 2.05) is 28.8 Å². The maximum absolute atomic E-state index is 4.61. The molecule has 0 spiro atoms. The van der Waals surface area contributed by atoms with Crippen molar-refractivity contribution in [2.45, 2.75) is 44.1 Å². The lowest BCUT2D eigenvalue weighted by atomic mass is 10.3. The van der Waals surface area contributed by atoms with E-state index in [0.717, 1.165) is 34.5 Å². The Morgan fingerprint density at radius 3 is 2.81 bits per heavy atom. The predicted octanol–water partition coefficient (Wildman–Crippen LogP) is 3.36. The fraction of sp³-hybridized carbons (Fsp3) is 0.400. The van der Waals surface area contributed by atoms with Gasteiger partial charge in [-0.3, -0.25) is 0 Å². The minimum atomic E-state index is 0.374. The van der Waals surface area contributed by atoms with E-state index in [-0.39, 0.29) is 0 Å². The fourth-order valence-electron chi connectivity index (χ4n) is 2.36. The van der Waals surface area contributed by atoms with E-state index in [2.05, 4.69) is 46.7 Å². The highest BCUT2D eigenvalue weighted by Gasteiger charge is 2.14. The largest absolute Gasteiger partial charge is 0.307 e. The molecule has 0 amide bonds. The lowest BCUT2D eigenvalue weighted by Crippen LogP contribution is -2.07. The number of thioether (sulfide) groups is 1. The molecule has 0 radical (unpaired) electrons. The summed E-state index contributed by atoms with van der Waals surface area (Å²) in [5.74, 6) is 1.85. The number of imidazole rings is 1. The number of rotatable bonds is 5. The second-order valence-electron chi connectivity index (χ2n) is 5.20. The van der Waals surface area contributed by atoms with E-state index in [4.69, 9.17) is 0 Å². The van der Waals surface area contributed by atoms with Crippen molar-refractivity contribution in [1.29, 1.82) is 0 Å². The van der Waals surface area contributed by atoms with Gasteiger partial charge in [0.1, 0.15) is 11.5 Å². The fourth-order valence-corrected chi connectivity index (χ4v) is 3.33. The minimum Gasteiger partial charge on any atom is -0.307 e. The van der Waals surface area contributed by atoms with E-state index in [0.29, 0.717) is 6.04 Å². The van der Waals surface area contributed by atoms with Gasteiger partial charge in [0.2, 0.25) is 0 Å². The van der Waals surface area contributed by atoms with Gasteiger partial charge in [-0.1, -0.05) is 24.8 Å². The van der Waals surface area contributed by atoms with Crippen LogP contribution in [0.4, 0.5) is 0 Å². The third kappa shape index (κ3) is 2.81. The second kappa shape index (κ2) is 5.89. The molecule has 0 atom stereocenters. The van der Waals surface area contributed by atoms with Crippen molar-refractivity contribution in [1.82, 2.24) is 24.1 Å². The van der Waals surface area contributed by atoms with E-state index in [1.165, 1.54) is 0 Å². The van der Waals surface area contributed by atoms with Gasteiger partial charge in [0.05, 0.1) is 5.69 Å². The summed E-state index contributed by atoms with van der Waals surface area (Å²) in [7, 11) is 0. The summed E-state index contributed by atoms with van der Waals surface area (Å²) < 4.78 is 4.25. The molecule has 0 aliphatic rings. The van der Waals surface area contributed by atoms with Crippen molar-refractivity contribution in [3.63, 3.8) is 0 Å². The molecule has 3 rings (SSSR count). The minimum absolute atomic E-state index is 0.374. The molecule has 21 heavy (non-hydrogen) atoms. The first kappa shape index (κ1) is 14.1. The number of aryl methyl sites for hydroxylation is 1. The van der Waals surface area contributed by atoms with E-state index >= 15 is 0 Å². The van der Waals surface area contributed by atoms with Crippen LogP contribution in [0.2, 0.25) is 0 Å². The Morgan fingerprint density at radius 1 is 1.24 bits per heavy atom. The molecule has 0 N–H and O–H groups in total. The Bertz CT molecular complexity index is 710. The SMILES string of the molecule is CCc1nnc(SCc2cn3ccccc3n2)n1C(C)C. The first-order valence-corrected chi connectivity index (χ1v) is 8.16. The lowest BCUT2D eigenvalue weighted by molar-refractivity contribution is 0.528. The third-order valence-corrected chi connectivity index (χ3v) is 4.31. The second-order valence-corrected chi connectivity index (χ2v) is 6.15. The van der Waals surface area contributed by atoms with Crippen LogP contribution >= 0.6 is 11.8 Å². The van der Waals surface area contributed by atoms with Gasteiger partial charge in [0, 0.05) is 30.6 Å². The molecule has 0 saturated heterocycles. The number of hydrogen-bond acceptors (Lipinski definition) is 4. The van der Waals surface area contributed by atoms with Crippen LogP contribution in [0.25, 0.3) is 5.65 Å². The van der Waals surface area contributed by atoms with Crippen LogP contribution in [0.1, 0.15) is 38.3 Å². The maximum atomic E-state index is 4.61. The molecule has 110 valence electrons. The van der Waals surface area contributed by atoms with Gasteiger partial charge in [0.15, 0.2) is 5.16 Å². The van der Waals surface area contributed by atoms with Gasteiger partial charge in [-0.15, -0.1) is 10.2 Å². The van der Waals surface area contributed by atoms with Crippen molar-refractivity contribution in [3.05, 3.63) is 42.1 Å². The molecule has 0 aliphatic heterocycles. The van der Waals surface area contributed by atoms with Crippen LogP contribution in [0, 0.1) is 0 Å². The number of pyridine rings is 1. The quantitative estimate of drug-likeness (QED) is 0.678. The highest BCUT2D eigenvalue weighted by Crippen LogP contribution is 2.25. The van der Waals surface area contributed by atoms with E-state index < -0.39 is 0 Å². The van der Waals surface area contributed by atoms with Gasteiger partial charge < -0.3 is 8.97 Å². The zero-order valence-electron chi connectivity index (χ0n) is 12.5. The van der Waals surface area contributed by atoms with E-state index in [9.17, 15) is 0 Å². The topological polar surface area (TPSA) is 48.0 Å². The van der Waals surface area contributed by atoms with Gasteiger partial charge in [-0.05, 0) is 26.0 Å². The molecule has 0 unspecified atom stereocenters. The molecule has 3 aromatic rings. The first-order valence-electron chi connectivity index (χ1n) is 7.18. The Balaban J connectivity index is 1.80. The molecule has 0 aromatic carbocycles. The summed E-state index contributed by atoms with van der Waals surface area (Å²) in [5, 5.41) is 9.57.